The van der Waals surface area contributed by atoms with Crippen LogP contribution in [0.2, 0.25) is 0 Å². The molecule has 25 heavy (non-hydrogen) atoms. The monoisotopic (exact) mass is 362 g/mol. The third-order valence-electron chi connectivity index (χ3n) is 3.51. The topological polar surface area (TPSA) is 130 Å². The summed E-state index contributed by atoms with van der Waals surface area (Å²) in [6.45, 7) is 0.0994. The second kappa shape index (κ2) is 7.91. The van der Waals surface area contributed by atoms with Crippen molar-refractivity contribution in [3.8, 4) is 0 Å². The van der Waals surface area contributed by atoms with Crippen LogP contribution in [0.4, 0.5) is 0 Å². The van der Waals surface area contributed by atoms with Crippen molar-refractivity contribution in [1.82, 2.24) is 0 Å². The number of ether oxygens (including phenoxy) is 1. The number of amides is 1. The molecule has 0 aliphatic rings. The van der Waals surface area contributed by atoms with Crippen molar-refractivity contribution in [1.29, 1.82) is 0 Å². The SMILES string of the molecule is NC(=O)c1ccc(COC(=O)CCc2ccc(S(N)(=O)=O)cc2)cc1. The van der Waals surface area contributed by atoms with Crippen LogP contribution in [0.15, 0.2) is 53.4 Å². The minimum atomic E-state index is -3.72. The first-order valence-corrected chi connectivity index (χ1v) is 8.96. The number of sulfonamides is 1. The Bertz CT molecular complexity index is 859. The van der Waals surface area contributed by atoms with Crippen LogP contribution in [0.5, 0.6) is 0 Å². The highest BCUT2D eigenvalue weighted by molar-refractivity contribution is 7.89. The maximum absolute atomic E-state index is 11.8. The normalized spacial score (nSPS) is 11.1. The van der Waals surface area contributed by atoms with Crippen molar-refractivity contribution in [2.45, 2.75) is 24.3 Å². The predicted molar refractivity (Wildman–Crippen MR) is 90.9 cm³/mol. The van der Waals surface area contributed by atoms with Crippen molar-refractivity contribution in [2.24, 2.45) is 10.9 Å². The standard InChI is InChI=1S/C17H18N2O5S/c18-17(21)14-6-1-13(2-7-14)11-24-16(20)10-5-12-3-8-15(9-4-12)25(19,22)23/h1-4,6-9H,5,10-11H2,(H2,18,21)(H2,19,22,23). The van der Waals surface area contributed by atoms with E-state index < -0.39 is 15.9 Å². The lowest BCUT2D eigenvalue weighted by atomic mass is 10.1. The van der Waals surface area contributed by atoms with E-state index in [1.807, 2.05) is 0 Å². The number of rotatable bonds is 7. The van der Waals surface area contributed by atoms with Crippen LogP contribution in [-0.2, 0) is 32.6 Å². The Morgan fingerprint density at radius 1 is 0.920 bits per heavy atom. The molecule has 0 bridgehead atoms. The van der Waals surface area contributed by atoms with Gasteiger partial charge in [0.25, 0.3) is 0 Å². The van der Waals surface area contributed by atoms with Gasteiger partial charge in [-0.3, -0.25) is 9.59 Å². The molecule has 0 spiro atoms. The number of aryl methyl sites for hydroxylation is 1. The molecule has 0 aromatic heterocycles. The zero-order valence-electron chi connectivity index (χ0n) is 13.3. The van der Waals surface area contributed by atoms with Gasteiger partial charge < -0.3 is 10.5 Å². The molecule has 4 N–H and O–H groups in total. The number of hydrogen-bond donors (Lipinski definition) is 2. The molecule has 0 saturated heterocycles. The molecule has 132 valence electrons. The molecule has 0 heterocycles. The predicted octanol–water partition coefficient (Wildman–Crippen LogP) is 1.11. The summed E-state index contributed by atoms with van der Waals surface area (Å²) in [6.07, 6.45) is 0.582. The van der Waals surface area contributed by atoms with E-state index in [1.165, 1.54) is 12.1 Å². The average molecular weight is 362 g/mol. The second-order valence-electron chi connectivity index (χ2n) is 5.41. The number of benzene rings is 2. The van der Waals surface area contributed by atoms with Gasteiger partial charge in [0, 0.05) is 12.0 Å². The van der Waals surface area contributed by atoms with Crippen LogP contribution in [-0.4, -0.2) is 20.3 Å². The van der Waals surface area contributed by atoms with Gasteiger partial charge in [0.05, 0.1) is 4.90 Å². The maximum Gasteiger partial charge on any atom is 0.306 e. The number of primary sulfonamides is 1. The molecule has 0 unspecified atom stereocenters. The maximum atomic E-state index is 11.8. The Morgan fingerprint density at radius 2 is 1.48 bits per heavy atom. The molecule has 1 amide bonds. The molecule has 2 aromatic rings. The van der Waals surface area contributed by atoms with Crippen LogP contribution in [0, 0.1) is 0 Å². The first-order chi connectivity index (χ1) is 11.8. The zero-order valence-corrected chi connectivity index (χ0v) is 14.2. The first-order valence-electron chi connectivity index (χ1n) is 7.42. The van der Waals surface area contributed by atoms with Crippen molar-refractivity contribution in [3.63, 3.8) is 0 Å². The van der Waals surface area contributed by atoms with Crippen molar-refractivity contribution >= 4 is 21.9 Å². The van der Waals surface area contributed by atoms with Crippen LogP contribution in [0.1, 0.15) is 27.9 Å². The summed E-state index contributed by atoms with van der Waals surface area (Å²) in [7, 11) is -3.72. The van der Waals surface area contributed by atoms with E-state index in [4.69, 9.17) is 15.6 Å². The summed E-state index contributed by atoms with van der Waals surface area (Å²) in [6, 6.07) is 12.5. The van der Waals surface area contributed by atoms with Crippen molar-refractivity contribution in [2.75, 3.05) is 0 Å². The molecular formula is C17H18N2O5S. The van der Waals surface area contributed by atoms with E-state index in [2.05, 4.69) is 0 Å². The summed E-state index contributed by atoms with van der Waals surface area (Å²) in [5.74, 6) is -0.897. The van der Waals surface area contributed by atoms with Crippen LogP contribution >= 0.6 is 0 Å². The van der Waals surface area contributed by atoms with Gasteiger partial charge in [-0.15, -0.1) is 0 Å². The fourth-order valence-corrected chi connectivity index (χ4v) is 2.61. The summed E-state index contributed by atoms with van der Waals surface area (Å²) < 4.78 is 27.5. The highest BCUT2D eigenvalue weighted by Gasteiger charge is 2.08. The highest BCUT2D eigenvalue weighted by Crippen LogP contribution is 2.11. The van der Waals surface area contributed by atoms with Gasteiger partial charge in [0.1, 0.15) is 6.61 Å². The number of nitrogens with two attached hydrogens (primary N) is 2. The fraction of sp³-hybridized carbons (Fsp3) is 0.176. The third-order valence-corrected chi connectivity index (χ3v) is 4.44. The molecule has 7 nitrogen and oxygen atoms in total. The molecule has 0 radical (unpaired) electrons. The fourth-order valence-electron chi connectivity index (χ4n) is 2.09. The lowest BCUT2D eigenvalue weighted by Crippen LogP contribution is -2.12. The van der Waals surface area contributed by atoms with Gasteiger partial charge in [-0.05, 0) is 41.8 Å². The van der Waals surface area contributed by atoms with Crippen molar-refractivity contribution < 1.29 is 22.7 Å². The van der Waals surface area contributed by atoms with Gasteiger partial charge in [-0.2, -0.15) is 0 Å². The zero-order chi connectivity index (χ0) is 18.4. The quantitative estimate of drug-likeness (QED) is 0.713. The van der Waals surface area contributed by atoms with Gasteiger partial charge in [-0.25, -0.2) is 13.6 Å². The summed E-state index contributed by atoms with van der Waals surface area (Å²) in [5.41, 5.74) is 7.08. The van der Waals surface area contributed by atoms with Gasteiger partial charge in [0.2, 0.25) is 15.9 Å². The minimum Gasteiger partial charge on any atom is -0.461 e. The summed E-state index contributed by atoms with van der Waals surface area (Å²) >= 11 is 0. The smallest absolute Gasteiger partial charge is 0.306 e. The lowest BCUT2D eigenvalue weighted by molar-refractivity contribution is -0.144. The largest absolute Gasteiger partial charge is 0.461 e. The average Bonchev–Trinajstić information content (AvgIpc) is 2.58. The van der Waals surface area contributed by atoms with E-state index in [1.54, 1.807) is 36.4 Å². The molecule has 0 aliphatic heterocycles. The first kappa shape index (κ1) is 18.6. The number of carbonyl (C=O) groups is 2. The molecule has 0 atom stereocenters. The van der Waals surface area contributed by atoms with E-state index in [0.717, 1.165) is 11.1 Å². The summed E-state index contributed by atoms with van der Waals surface area (Å²) in [4.78, 5) is 22.8. The number of primary amides is 1. The van der Waals surface area contributed by atoms with Gasteiger partial charge in [0.15, 0.2) is 0 Å². The Kier molecular flexibility index (Phi) is 5.89. The van der Waals surface area contributed by atoms with Crippen molar-refractivity contribution in [3.05, 3.63) is 65.2 Å². The van der Waals surface area contributed by atoms with Gasteiger partial charge in [-0.1, -0.05) is 24.3 Å². The molecule has 0 aliphatic carbocycles. The number of hydrogen-bond acceptors (Lipinski definition) is 5. The van der Waals surface area contributed by atoms with E-state index in [9.17, 15) is 18.0 Å². The number of carbonyl (C=O) groups excluding carboxylic acids is 2. The lowest BCUT2D eigenvalue weighted by Gasteiger charge is -2.06. The highest BCUT2D eigenvalue weighted by atomic mass is 32.2. The number of esters is 1. The second-order valence-corrected chi connectivity index (χ2v) is 6.97. The van der Waals surface area contributed by atoms with Gasteiger partial charge >= 0.3 is 5.97 Å². The Labute approximate surface area is 145 Å². The molecule has 2 rings (SSSR count). The molecular weight excluding hydrogens is 344 g/mol. The van der Waals surface area contributed by atoms with E-state index >= 15 is 0 Å². The van der Waals surface area contributed by atoms with E-state index in [-0.39, 0.29) is 23.9 Å². The molecule has 0 fully saturated rings. The van der Waals surface area contributed by atoms with Crippen LogP contribution in [0.3, 0.4) is 0 Å². The van der Waals surface area contributed by atoms with Crippen LogP contribution in [0.25, 0.3) is 0 Å². The Hall–Kier alpha value is -2.71. The Morgan fingerprint density at radius 3 is 2.00 bits per heavy atom. The molecule has 2 aromatic carbocycles. The van der Waals surface area contributed by atoms with Crippen LogP contribution < -0.4 is 10.9 Å². The minimum absolute atomic E-state index is 0.0261. The third kappa shape index (κ3) is 5.70. The Balaban J connectivity index is 1.81. The molecule has 0 saturated carbocycles. The van der Waals surface area contributed by atoms with E-state index in [0.29, 0.717) is 12.0 Å². The summed E-state index contributed by atoms with van der Waals surface area (Å²) in [5, 5.41) is 5.02. The molecule has 8 heteroatoms.